The first kappa shape index (κ1) is 28.7. The molecule has 0 saturated carbocycles. The Morgan fingerprint density at radius 3 is 2.15 bits per heavy atom. The zero-order valence-electron chi connectivity index (χ0n) is 20.5. The third-order valence-electron chi connectivity index (χ3n) is 6.41. The lowest BCUT2D eigenvalue weighted by Gasteiger charge is -2.38. The number of halogens is 8. The van der Waals surface area contributed by atoms with Gasteiger partial charge in [-0.25, -0.2) is 9.18 Å². The van der Waals surface area contributed by atoms with Crippen LogP contribution < -0.4 is 4.74 Å². The molecule has 39 heavy (non-hydrogen) atoms. The molecule has 2 unspecified atom stereocenters. The zero-order valence-corrected chi connectivity index (χ0v) is 22.0. The zero-order chi connectivity index (χ0) is 28.7. The van der Waals surface area contributed by atoms with Crippen molar-refractivity contribution in [3.63, 3.8) is 0 Å². The van der Waals surface area contributed by atoms with Crippen LogP contribution in [0.15, 0.2) is 59.1 Å². The van der Waals surface area contributed by atoms with Crippen LogP contribution in [0, 0.1) is 5.82 Å². The number of amides is 1. The van der Waals surface area contributed by atoms with Gasteiger partial charge < -0.3 is 14.4 Å². The monoisotopic (exact) mass is 619 g/mol. The van der Waals surface area contributed by atoms with Gasteiger partial charge in [0.05, 0.1) is 24.8 Å². The van der Waals surface area contributed by atoms with Gasteiger partial charge in [0.25, 0.3) is 0 Å². The van der Waals surface area contributed by atoms with Gasteiger partial charge in [0, 0.05) is 22.5 Å². The van der Waals surface area contributed by atoms with Crippen molar-refractivity contribution in [2.45, 2.75) is 44.4 Å². The number of hydrogen-bond acceptors (Lipinski definition) is 3. The Morgan fingerprint density at radius 1 is 0.949 bits per heavy atom. The van der Waals surface area contributed by atoms with Crippen molar-refractivity contribution >= 4 is 22.0 Å². The van der Waals surface area contributed by atoms with Gasteiger partial charge in [0.2, 0.25) is 0 Å². The number of benzene rings is 3. The van der Waals surface area contributed by atoms with E-state index in [0.717, 1.165) is 4.47 Å². The van der Waals surface area contributed by atoms with Crippen molar-refractivity contribution < 1.29 is 45.0 Å². The van der Waals surface area contributed by atoms with Crippen LogP contribution in [0.2, 0.25) is 0 Å². The van der Waals surface area contributed by atoms with Gasteiger partial charge in [0.1, 0.15) is 17.7 Å². The molecule has 1 amide bonds. The van der Waals surface area contributed by atoms with Gasteiger partial charge in [-0.2, -0.15) is 26.3 Å². The molecule has 208 valence electrons. The standard InChI is InChI=1S/C27H21BrF7NO3/c1-14-7-24(15-8-17(26(30,31)32)11-18(9-15)27(33,34)35)39-25(37)36(14)13-16-10-20(29)4-5-21(16)22-12-19(28)3-6-23(22)38-2/h3-6,8-12,14,24H,7,13H2,1-2H3. The molecule has 3 aromatic carbocycles. The highest BCUT2D eigenvalue weighted by atomic mass is 79.9. The highest BCUT2D eigenvalue weighted by molar-refractivity contribution is 9.10. The smallest absolute Gasteiger partial charge is 0.416 e. The Hall–Kier alpha value is -3.28. The summed E-state index contributed by atoms with van der Waals surface area (Å²) >= 11 is 3.39. The summed E-state index contributed by atoms with van der Waals surface area (Å²) in [6.07, 6.45) is -12.5. The Bertz CT molecular complexity index is 1360. The summed E-state index contributed by atoms with van der Waals surface area (Å²) in [5, 5.41) is 0. The second-order valence-corrected chi connectivity index (χ2v) is 9.99. The van der Waals surface area contributed by atoms with E-state index in [1.807, 2.05) is 0 Å². The molecular formula is C27H21BrF7NO3. The van der Waals surface area contributed by atoms with Crippen LogP contribution in [0.3, 0.4) is 0 Å². The molecule has 1 aliphatic heterocycles. The predicted molar refractivity (Wildman–Crippen MR) is 131 cm³/mol. The number of nitrogens with zero attached hydrogens (tertiary/aromatic N) is 1. The lowest BCUT2D eigenvalue weighted by molar-refractivity contribution is -0.143. The lowest BCUT2D eigenvalue weighted by Crippen LogP contribution is -2.44. The average Bonchev–Trinajstić information content (AvgIpc) is 2.85. The first-order valence-corrected chi connectivity index (χ1v) is 12.4. The van der Waals surface area contributed by atoms with E-state index in [4.69, 9.17) is 9.47 Å². The van der Waals surface area contributed by atoms with E-state index in [1.54, 1.807) is 25.1 Å². The summed E-state index contributed by atoms with van der Waals surface area (Å²) in [7, 11) is 1.47. The molecule has 0 aliphatic carbocycles. The second kappa shape index (κ2) is 10.7. The van der Waals surface area contributed by atoms with Crippen LogP contribution in [0.4, 0.5) is 35.5 Å². The van der Waals surface area contributed by atoms with E-state index in [2.05, 4.69) is 15.9 Å². The molecule has 1 heterocycles. The fraction of sp³-hybridized carbons (Fsp3) is 0.296. The normalized spacial score (nSPS) is 18.2. The summed E-state index contributed by atoms with van der Waals surface area (Å²) < 4.78 is 106. The van der Waals surface area contributed by atoms with Crippen LogP contribution in [-0.2, 0) is 23.6 Å². The number of methoxy groups -OCH3 is 1. The summed E-state index contributed by atoms with van der Waals surface area (Å²) in [5.74, 6) is -0.0762. The maximum absolute atomic E-state index is 14.3. The molecule has 0 spiro atoms. The molecule has 2 atom stereocenters. The topological polar surface area (TPSA) is 38.8 Å². The second-order valence-electron chi connectivity index (χ2n) is 9.07. The quantitative estimate of drug-likeness (QED) is 0.268. The van der Waals surface area contributed by atoms with Gasteiger partial charge in [-0.15, -0.1) is 0 Å². The van der Waals surface area contributed by atoms with Gasteiger partial charge in [-0.05, 0) is 72.1 Å². The number of cyclic esters (lactones) is 1. The molecule has 0 radical (unpaired) electrons. The third kappa shape index (κ3) is 6.32. The molecule has 1 saturated heterocycles. The fourth-order valence-corrected chi connectivity index (χ4v) is 4.84. The Kier molecular flexibility index (Phi) is 7.89. The molecule has 4 nitrogen and oxygen atoms in total. The van der Waals surface area contributed by atoms with Crippen molar-refractivity contribution in [1.29, 1.82) is 0 Å². The Morgan fingerprint density at radius 2 is 1.59 bits per heavy atom. The molecular weight excluding hydrogens is 599 g/mol. The summed E-state index contributed by atoms with van der Waals surface area (Å²) in [4.78, 5) is 14.2. The van der Waals surface area contributed by atoms with Gasteiger partial charge >= 0.3 is 18.4 Å². The Labute approximate surface area is 227 Å². The summed E-state index contributed by atoms with van der Waals surface area (Å²) in [5.41, 5.74) is -1.84. The van der Waals surface area contributed by atoms with E-state index in [-0.39, 0.29) is 19.0 Å². The maximum atomic E-state index is 14.3. The average molecular weight is 620 g/mol. The lowest BCUT2D eigenvalue weighted by atomic mass is 9.94. The minimum atomic E-state index is -5.03. The number of carbonyl (C=O) groups is 1. The third-order valence-corrected chi connectivity index (χ3v) is 6.90. The number of hydrogen-bond donors (Lipinski definition) is 0. The molecule has 0 aromatic heterocycles. The van der Waals surface area contributed by atoms with E-state index >= 15 is 0 Å². The summed E-state index contributed by atoms with van der Waals surface area (Å²) in [6, 6.07) is 9.70. The van der Waals surface area contributed by atoms with Crippen molar-refractivity contribution in [3.8, 4) is 16.9 Å². The van der Waals surface area contributed by atoms with Crippen molar-refractivity contribution in [1.82, 2.24) is 4.90 Å². The Balaban J connectivity index is 1.65. The SMILES string of the molecule is COc1ccc(Br)cc1-c1ccc(F)cc1CN1C(=O)OC(c2cc(C(F)(F)F)cc(C(F)(F)F)c2)CC1C. The van der Waals surface area contributed by atoms with Crippen LogP contribution >= 0.6 is 15.9 Å². The largest absolute Gasteiger partial charge is 0.496 e. The predicted octanol–water partition coefficient (Wildman–Crippen LogP) is 8.77. The number of alkyl halides is 6. The molecule has 4 rings (SSSR count). The number of carbonyl (C=O) groups excluding carboxylic acids is 1. The van der Waals surface area contributed by atoms with E-state index in [1.165, 1.54) is 30.2 Å². The first-order chi connectivity index (χ1) is 18.2. The number of rotatable bonds is 5. The molecule has 1 aliphatic rings. The molecule has 3 aromatic rings. The number of ether oxygens (including phenoxy) is 2. The minimum absolute atomic E-state index is 0.0194. The van der Waals surface area contributed by atoms with Gasteiger partial charge in [0.15, 0.2) is 0 Å². The maximum Gasteiger partial charge on any atom is 0.416 e. The van der Waals surface area contributed by atoms with E-state index < -0.39 is 53.1 Å². The van der Waals surface area contributed by atoms with Crippen LogP contribution in [-0.4, -0.2) is 24.1 Å². The molecule has 1 fully saturated rings. The minimum Gasteiger partial charge on any atom is -0.496 e. The first-order valence-electron chi connectivity index (χ1n) is 11.6. The van der Waals surface area contributed by atoms with Crippen LogP contribution in [0.1, 0.15) is 41.7 Å². The highest BCUT2D eigenvalue weighted by Gasteiger charge is 2.40. The van der Waals surface area contributed by atoms with E-state index in [0.29, 0.717) is 34.6 Å². The van der Waals surface area contributed by atoms with Crippen molar-refractivity contribution in [2.24, 2.45) is 0 Å². The van der Waals surface area contributed by atoms with Crippen LogP contribution in [0.25, 0.3) is 11.1 Å². The van der Waals surface area contributed by atoms with Crippen molar-refractivity contribution in [3.05, 3.63) is 87.1 Å². The van der Waals surface area contributed by atoms with E-state index in [9.17, 15) is 35.5 Å². The van der Waals surface area contributed by atoms with Gasteiger partial charge in [-0.3, -0.25) is 0 Å². The molecule has 12 heteroatoms. The summed E-state index contributed by atoms with van der Waals surface area (Å²) in [6.45, 7) is 1.45. The fourth-order valence-electron chi connectivity index (χ4n) is 4.47. The van der Waals surface area contributed by atoms with Crippen LogP contribution in [0.5, 0.6) is 5.75 Å². The van der Waals surface area contributed by atoms with Gasteiger partial charge in [-0.1, -0.05) is 22.0 Å². The highest BCUT2D eigenvalue weighted by Crippen LogP contribution is 2.41. The molecule has 0 N–H and O–H groups in total. The molecule has 0 bridgehead atoms. The van der Waals surface area contributed by atoms with Crippen molar-refractivity contribution in [2.75, 3.05) is 7.11 Å².